The molecule has 0 saturated heterocycles. The fraction of sp³-hybridized carbons (Fsp3) is 0.278. The quantitative estimate of drug-likeness (QED) is 0.915. The van der Waals surface area contributed by atoms with Gasteiger partial charge in [-0.15, -0.1) is 0 Å². The SMILES string of the molecule is COc1ccc(C)cc1CC(=O)NCc1ccccc1C. The van der Waals surface area contributed by atoms with E-state index in [1.165, 1.54) is 5.56 Å². The van der Waals surface area contributed by atoms with Crippen molar-refractivity contribution in [3.8, 4) is 5.75 Å². The van der Waals surface area contributed by atoms with E-state index in [4.69, 9.17) is 4.74 Å². The lowest BCUT2D eigenvalue weighted by Gasteiger charge is -2.11. The molecule has 0 spiro atoms. The van der Waals surface area contributed by atoms with Gasteiger partial charge >= 0.3 is 0 Å². The van der Waals surface area contributed by atoms with Crippen LogP contribution in [0.1, 0.15) is 22.3 Å². The van der Waals surface area contributed by atoms with Gasteiger partial charge in [-0.1, -0.05) is 42.0 Å². The van der Waals surface area contributed by atoms with Crippen molar-refractivity contribution < 1.29 is 9.53 Å². The van der Waals surface area contributed by atoms with Gasteiger partial charge in [-0.25, -0.2) is 0 Å². The van der Waals surface area contributed by atoms with Crippen LogP contribution in [0.15, 0.2) is 42.5 Å². The standard InChI is InChI=1S/C18H21NO2/c1-13-8-9-17(21-3)16(10-13)11-18(20)19-12-15-7-5-4-6-14(15)2/h4-10H,11-12H2,1-3H3,(H,19,20). The number of methoxy groups -OCH3 is 1. The minimum absolute atomic E-state index is 0.00199. The molecule has 0 aliphatic carbocycles. The fourth-order valence-electron chi connectivity index (χ4n) is 2.28. The number of carbonyl (C=O) groups is 1. The van der Waals surface area contributed by atoms with Crippen molar-refractivity contribution in [3.63, 3.8) is 0 Å². The maximum absolute atomic E-state index is 12.1. The van der Waals surface area contributed by atoms with Gasteiger partial charge in [0.15, 0.2) is 0 Å². The Hall–Kier alpha value is -2.29. The van der Waals surface area contributed by atoms with Crippen LogP contribution in [0.5, 0.6) is 5.75 Å². The molecule has 110 valence electrons. The number of benzene rings is 2. The first kappa shape index (κ1) is 15.1. The van der Waals surface area contributed by atoms with E-state index in [1.807, 2.05) is 56.3 Å². The van der Waals surface area contributed by atoms with Crippen molar-refractivity contribution in [2.75, 3.05) is 7.11 Å². The van der Waals surface area contributed by atoms with E-state index < -0.39 is 0 Å². The molecule has 0 radical (unpaired) electrons. The van der Waals surface area contributed by atoms with Gasteiger partial charge in [0.1, 0.15) is 5.75 Å². The zero-order valence-electron chi connectivity index (χ0n) is 12.8. The normalized spacial score (nSPS) is 10.2. The molecule has 3 nitrogen and oxygen atoms in total. The van der Waals surface area contributed by atoms with Crippen LogP contribution in [0.3, 0.4) is 0 Å². The molecular formula is C18H21NO2. The molecule has 2 aromatic carbocycles. The molecule has 0 saturated carbocycles. The Morgan fingerprint density at radius 3 is 2.57 bits per heavy atom. The molecule has 0 aliphatic rings. The Kier molecular flexibility index (Phi) is 4.99. The molecule has 2 aromatic rings. The second-order valence-corrected chi connectivity index (χ2v) is 5.20. The average molecular weight is 283 g/mol. The molecule has 0 unspecified atom stereocenters. The minimum atomic E-state index is 0.00199. The highest BCUT2D eigenvalue weighted by atomic mass is 16.5. The summed E-state index contributed by atoms with van der Waals surface area (Å²) in [5.41, 5.74) is 4.37. The molecule has 21 heavy (non-hydrogen) atoms. The van der Waals surface area contributed by atoms with Crippen LogP contribution in [-0.2, 0) is 17.8 Å². The second kappa shape index (κ2) is 6.93. The summed E-state index contributed by atoms with van der Waals surface area (Å²) in [6.07, 6.45) is 0.330. The molecule has 0 heterocycles. The number of carbonyl (C=O) groups excluding carboxylic acids is 1. The van der Waals surface area contributed by atoms with E-state index >= 15 is 0 Å². The van der Waals surface area contributed by atoms with E-state index in [-0.39, 0.29) is 5.91 Å². The van der Waals surface area contributed by atoms with Crippen molar-refractivity contribution in [2.24, 2.45) is 0 Å². The summed E-state index contributed by atoms with van der Waals surface area (Å²) in [4.78, 5) is 12.1. The molecule has 2 rings (SSSR count). The van der Waals surface area contributed by atoms with Crippen LogP contribution >= 0.6 is 0 Å². The summed E-state index contributed by atoms with van der Waals surface area (Å²) in [6, 6.07) is 13.9. The van der Waals surface area contributed by atoms with E-state index in [0.29, 0.717) is 13.0 Å². The van der Waals surface area contributed by atoms with Crippen LogP contribution in [0.2, 0.25) is 0 Å². The predicted octanol–water partition coefficient (Wildman–Crippen LogP) is 3.17. The van der Waals surface area contributed by atoms with Gasteiger partial charge in [0.2, 0.25) is 5.91 Å². The Balaban J connectivity index is 1.99. The van der Waals surface area contributed by atoms with E-state index in [1.54, 1.807) is 7.11 Å². The van der Waals surface area contributed by atoms with Crippen molar-refractivity contribution >= 4 is 5.91 Å². The zero-order chi connectivity index (χ0) is 15.2. The Bertz CT molecular complexity index is 635. The lowest BCUT2D eigenvalue weighted by molar-refractivity contribution is -0.120. The largest absolute Gasteiger partial charge is 0.496 e. The smallest absolute Gasteiger partial charge is 0.224 e. The average Bonchev–Trinajstić information content (AvgIpc) is 2.47. The van der Waals surface area contributed by atoms with Crippen LogP contribution in [-0.4, -0.2) is 13.0 Å². The van der Waals surface area contributed by atoms with Gasteiger partial charge in [-0.3, -0.25) is 4.79 Å². The van der Waals surface area contributed by atoms with Crippen molar-refractivity contribution in [3.05, 3.63) is 64.7 Å². The zero-order valence-corrected chi connectivity index (χ0v) is 12.8. The third kappa shape index (κ3) is 4.09. The summed E-state index contributed by atoms with van der Waals surface area (Å²) in [5.74, 6) is 0.758. The third-order valence-corrected chi connectivity index (χ3v) is 3.52. The van der Waals surface area contributed by atoms with Gasteiger partial charge in [-0.2, -0.15) is 0 Å². The monoisotopic (exact) mass is 283 g/mol. The third-order valence-electron chi connectivity index (χ3n) is 3.52. The van der Waals surface area contributed by atoms with Gasteiger partial charge < -0.3 is 10.1 Å². The number of rotatable bonds is 5. The minimum Gasteiger partial charge on any atom is -0.496 e. The first-order valence-corrected chi connectivity index (χ1v) is 7.05. The van der Waals surface area contributed by atoms with Gasteiger partial charge in [0.05, 0.1) is 13.5 Å². The highest BCUT2D eigenvalue weighted by Crippen LogP contribution is 2.20. The highest BCUT2D eigenvalue weighted by Gasteiger charge is 2.09. The Morgan fingerprint density at radius 1 is 1.10 bits per heavy atom. The van der Waals surface area contributed by atoms with Gasteiger partial charge in [0, 0.05) is 12.1 Å². The van der Waals surface area contributed by atoms with E-state index in [9.17, 15) is 4.79 Å². The van der Waals surface area contributed by atoms with E-state index in [0.717, 1.165) is 22.4 Å². The second-order valence-electron chi connectivity index (χ2n) is 5.20. The molecule has 0 bridgehead atoms. The summed E-state index contributed by atoms with van der Waals surface area (Å²) in [6.45, 7) is 4.61. The maximum Gasteiger partial charge on any atom is 0.224 e. The summed E-state index contributed by atoms with van der Waals surface area (Å²) < 4.78 is 5.30. The first-order chi connectivity index (χ1) is 10.1. The Labute approximate surface area is 126 Å². The van der Waals surface area contributed by atoms with Crippen LogP contribution < -0.4 is 10.1 Å². The van der Waals surface area contributed by atoms with Crippen LogP contribution in [0.4, 0.5) is 0 Å². The molecule has 0 aliphatic heterocycles. The van der Waals surface area contributed by atoms with Crippen LogP contribution in [0, 0.1) is 13.8 Å². The number of hydrogen-bond acceptors (Lipinski definition) is 2. The summed E-state index contributed by atoms with van der Waals surface area (Å²) in [5, 5.41) is 2.96. The first-order valence-electron chi connectivity index (χ1n) is 7.05. The summed E-state index contributed by atoms with van der Waals surface area (Å²) >= 11 is 0. The molecule has 1 N–H and O–H groups in total. The lowest BCUT2D eigenvalue weighted by atomic mass is 10.1. The fourth-order valence-corrected chi connectivity index (χ4v) is 2.28. The molecule has 1 amide bonds. The summed E-state index contributed by atoms with van der Waals surface area (Å²) in [7, 11) is 1.62. The number of hydrogen-bond donors (Lipinski definition) is 1. The number of aryl methyl sites for hydroxylation is 2. The van der Waals surface area contributed by atoms with Crippen molar-refractivity contribution in [1.82, 2.24) is 5.32 Å². The van der Waals surface area contributed by atoms with Crippen molar-refractivity contribution in [2.45, 2.75) is 26.8 Å². The maximum atomic E-state index is 12.1. The number of amides is 1. The molecule has 0 fully saturated rings. The number of ether oxygens (including phenoxy) is 1. The Morgan fingerprint density at radius 2 is 1.86 bits per heavy atom. The topological polar surface area (TPSA) is 38.3 Å². The van der Waals surface area contributed by atoms with Crippen LogP contribution in [0.25, 0.3) is 0 Å². The highest BCUT2D eigenvalue weighted by molar-refractivity contribution is 5.79. The number of nitrogens with one attached hydrogen (secondary N) is 1. The molecule has 0 atom stereocenters. The molecule has 3 heteroatoms. The van der Waals surface area contributed by atoms with Gasteiger partial charge in [0.25, 0.3) is 0 Å². The molecule has 0 aromatic heterocycles. The van der Waals surface area contributed by atoms with Crippen molar-refractivity contribution in [1.29, 1.82) is 0 Å². The molecular weight excluding hydrogens is 262 g/mol. The lowest BCUT2D eigenvalue weighted by Crippen LogP contribution is -2.25. The van der Waals surface area contributed by atoms with E-state index in [2.05, 4.69) is 5.32 Å². The predicted molar refractivity (Wildman–Crippen MR) is 84.5 cm³/mol. The van der Waals surface area contributed by atoms with Gasteiger partial charge in [-0.05, 0) is 31.0 Å².